The van der Waals surface area contributed by atoms with E-state index in [0.29, 0.717) is 6.04 Å². The number of aromatic nitrogens is 1. The summed E-state index contributed by atoms with van der Waals surface area (Å²) in [7, 11) is 0. The van der Waals surface area contributed by atoms with Crippen molar-refractivity contribution in [3.05, 3.63) is 29.4 Å². The van der Waals surface area contributed by atoms with Crippen molar-refractivity contribution in [1.82, 2.24) is 4.98 Å². The number of nitrogens with zero attached hydrogens (tertiary/aromatic N) is 2. The maximum atomic E-state index is 6.47. The third-order valence-corrected chi connectivity index (χ3v) is 4.50. The first-order valence-corrected chi connectivity index (χ1v) is 7.79. The van der Waals surface area contributed by atoms with Crippen LogP contribution < -0.4 is 10.2 Å². The molecular weight excluding hydrogens is 270 g/mol. The van der Waals surface area contributed by atoms with E-state index in [0.717, 1.165) is 35.0 Å². The van der Waals surface area contributed by atoms with Gasteiger partial charge in [-0.1, -0.05) is 23.7 Å². The average Bonchev–Trinajstić information content (AvgIpc) is 3.11. The van der Waals surface area contributed by atoms with Gasteiger partial charge >= 0.3 is 0 Å². The van der Waals surface area contributed by atoms with Crippen LogP contribution in [-0.2, 0) is 0 Å². The summed E-state index contributed by atoms with van der Waals surface area (Å²) in [4.78, 5) is 7.07. The number of anilines is 2. The van der Waals surface area contributed by atoms with Gasteiger partial charge in [-0.2, -0.15) is 0 Å². The van der Waals surface area contributed by atoms with Gasteiger partial charge in [0.25, 0.3) is 0 Å². The summed E-state index contributed by atoms with van der Waals surface area (Å²) in [6.07, 6.45) is 6.99. The molecule has 1 N–H and O–H groups in total. The highest BCUT2D eigenvalue weighted by atomic mass is 35.5. The highest BCUT2D eigenvalue weighted by Crippen LogP contribution is 2.38. The van der Waals surface area contributed by atoms with Crippen LogP contribution in [0.15, 0.2) is 24.4 Å². The molecule has 1 aliphatic carbocycles. The molecule has 3 nitrogen and oxygen atoms in total. The zero-order chi connectivity index (χ0) is 13.5. The summed E-state index contributed by atoms with van der Waals surface area (Å²) in [6, 6.07) is 6.76. The number of pyridine rings is 1. The van der Waals surface area contributed by atoms with E-state index >= 15 is 0 Å². The number of halogens is 1. The standard InChI is InChI=1S/C16H18ClN3/c17-13-5-3-4-12-14(19-11-6-7-11)10-18-16(15(12)13)20-8-1-2-9-20/h3-5,10-11,19H,1-2,6-9H2. The van der Waals surface area contributed by atoms with E-state index in [1.165, 1.54) is 31.1 Å². The van der Waals surface area contributed by atoms with Crippen LogP contribution in [0.2, 0.25) is 5.02 Å². The lowest BCUT2D eigenvalue weighted by molar-refractivity contribution is 0.945. The molecule has 2 aromatic rings. The smallest absolute Gasteiger partial charge is 0.138 e. The molecule has 2 fully saturated rings. The van der Waals surface area contributed by atoms with Crippen LogP contribution >= 0.6 is 11.6 Å². The van der Waals surface area contributed by atoms with Gasteiger partial charge in [-0.05, 0) is 31.7 Å². The average molecular weight is 288 g/mol. The van der Waals surface area contributed by atoms with Crippen LogP contribution in [0.25, 0.3) is 10.8 Å². The number of hydrogen-bond donors (Lipinski definition) is 1. The summed E-state index contributed by atoms with van der Waals surface area (Å²) in [5, 5.41) is 6.66. The molecule has 1 saturated carbocycles. The number of hydrogen-bond acceptors (Lipinski definition) is 3. The van der Waals surface area contributed by atoms with Gasteiger partial charge in [-0.15, -0.1) is 0 Å². The van der Waals surface area contributed by atoms with Crippen molar-refractivity contribution < 1.29 is 0 Å². The molecule has 0 spiro atoms. The zero-order valence-corrected chi connectivity index (χ0v) is 12.2. The number of benzene rings is 1. The van der Waals surface area contributed by atoms with Crippen molar-refractivity contribution in [1.29, 1.82) is 0 Å². The molecule has 1 aliphatic heterocycles. The van der Waals surface area contributed by atoms with Gasteiger partial charge in [-0.3, -0.25) is 0 Å². The molecule has 0 atom stereocenters. The second-order valence-electron chi connectivity index (χ2n) is 5.77. The molecule has 104 valence electrons. The highest BCUT2D eigenvalue weighted by molar-refractivity contribution is 6.37. The number of rotatable bonds is 3. The largest absolute Gasteiger partial charge is 0.381 e. The Bertz CT molecular complexity index is 645. The van der Waals surface area contributed by atoms with Gasteiger partial charge in [0.2, 0.25) is 0 Å². The molecular formula is C16H18ClN3. The third kappa shape index (κ3) is 2.10. The fourth-order valence-electron chi connectivity index (χ4n) is 2.97. The van der Waals surface area contributed by atoms with E-state index in [4.69, 9.17) is 16.6 Å². The van der Waals surface area contributed by atoms with E-state index in [9.17, 15) is 0 Å². The van der Waals surface area contributed by atoms with Crippen molar-refractivity contribution >= 4 is 33.9 Å². The maximum absolute atomic E-state index is 6.47. The molecule has 1 aromatic heterocycles. The van der Waals surface area contributed by atoms with Crippen molar-refractivity contribution in [3.63, 3.8) is 0 Å². The molecule has 0 bridgehead atoms. The van der Waals surface area contributed by atoms with Crippen molar-refractivity contribution in [3.8, 4) is 0 Å². The Morgan fingerprint density at radius 3 is 2.75 bits per heavy atom. The zero-order valence-electron chi connectivity index (χ0n) is 11.4. The number of fused-ring (bicyclic) bond motifs is 1. The predicted molar refractivity (Wildman–Crippen MR) is 84.8 cm³/mol. The van der Waals surface area contributed by atoms with Gasteiger partial charge < -0.3 is 10.2 Å². The molecule has 4 rings (SSSR count). The molecule has 1 aromatic carbocycles. The van der Waals surface area contributed by atoms with E-state index < -0.39 is 0 Å². The Labute approximate surface area is 123 Å². The van der Waals surface area contributed by atoms with E-state index in [2.05, 4.69) is 16.3 Å². The Morgan fingerprint density at radius 2 is 2.00 bits per heavy atom. The van der Waals surface area contributed by atoms with Gasteiger partial charge in [0.05, 0.1) is 16.9 Å². The fourth-order valence-corrected chi connectivity index (χ4v) is 3.23. The molecule has 2 aliphatic rings. The maximum Gasteiger partial charge on any atom is 0.138 e. The molecule has 20 heavy (non-hydrogen) atoms. The summed E-state index contributed by atoms with van der Waals surface area (Å²) in [5.74, 6) is 1.05. The third-order valence-electron chi connectivity index (χ3n) is 4.19. The lowest BCUT2D eigenvalue weighted by Crippen LogP contribution is -2.19. The van der Waals surface area contributed by atoms with Crippen molar-refractivity contribution in [2.75, 3.05) is 23.3 Å². The molecule has 0 radical (unpaired) electrons. The normalized spacial score (nSPS) is 18.8. The lowest BCUT2D eigenvalue weighted by Gasteiger charge is -2.20. The predicted octanol–water partition coefficient (Wildman–Crippen LogP) is 4.06. The first kappa shape index (κ1) is 12.3. The van der Waals surface area contributed by atoms with Crippen LogP contribution in [-0.4, -0.2) is 24.1 Å². The van der Waals surface area contributed by atoms with Crippen LogP contribution in [0.1, 0.15) is 25.7 Å². The van der Waals surface area contributed by atoms with Crippen LogP contribution in [0, 0.1) is 0 Å². The SMILES string of the molecule is Clc1cccc2c(NC3CC3)cnc(N3CCCC3)c12. The van der Waals surface area contributed by atoms with E-state index in [1.54, 1.807) is 0 Å². The molecule has 0 unspecified atom stereocenters. The summed E-state index contributed by atoms with van der Waals surface area (Å²) in [5.41, 5.74) is 1.12. The van der Waals surface area contributed by atoms with Gasteiger partial charge in [0.15, 0.2) is 0 Å². The van der Waals surface area contributed by atoms with Crippen LogP contribution in [0.3, 0.4) is 0 Å². The summed E-state index contributed by atoms with van der Waals surface area (Å²) >= 11 is 6.47. The highest BCUT2D eigenvalue weighted by Gasteiger charge is 2.24. The Kier molecular flexibility index (Phi) is 2.95. The second-order valence-corrected chi connectivity index (χ2v) is 6.18. The first-order chi connectivity index (χ1) is 9.83. The minimum absolute atomic E-state index is 0.622. The van der Waals surface area contributed by atoms with Gasteiger partial charge in [0.1, 0.15) is 5.82 Å². The molecule has 0 amide bonds. The van der Waals surface area contributed by atoms with Gasteiger partial charge in [-0.25, -0.2) is 4.98 Å². The summed E-state index contributed by atoms with van der Waals surface area (Å²) < 4.78 is 0. The Balaban J connectivity index is 1.87. The van der Waals surface area contributed by atoms with E-state index in [-0.39, 0.29) is 0 Å². The Hall–Kier alpha value is -1.48. The minimum Gasteiger partial charge on any atom is -0.381 e. The monoisotopic (exact) mass is 287 g/mol. The minimum atomic E-state index is 0.622. The van der Waals surface area contributed by atoms with Gasteiger partial charge in [0, 0.05) is 29.9 Å². The van der Waals surface area contributed by atoms with Crippen molar-refractivity contribution in [2.45, 2.75) is 31.7 Å². The van der Waals surface area contributed by atoms with Crippen molar-refractivity contribution in [2.24, 2.45) is 0 Å². The topological polar surface area (TPSA) is 28.2 Å². The van der Waals surface area contributed by atoms with Crippen LogP contribution in [0.4, 0.5) is 11.5 Å². The summed E-state index contributed by atoms with van der Waals surface area (Å²) in [6.45, 7) is 2.17. The number of nitrogens with one attached hydrogen (secondary N) is 1. The van der Waals surface area contributed by atoms with E-state index in [1.807, 2.05) is 18.3 Å². The van der Waals surface area contributed by atoms with Crippen LogP contribution in [0.5, 0.6) is 0 Å². The second kappa shape index (κ2) is 4.81. The molecule has 2 heterocycles. The molecule has 1 saturated heterocycles. The fraction of sp³-hybridized carbons (Fsp3) is 0.438. The first-order valence-electron chi connectivity index (χ1n) is 7.41. The molecule has 4 heteroatoms. The Morgan fingerprint density at radius 1 is 1.20 bits per heavy atom. The lowest BCUT2D eigenvalue weighted by atomic mass is 10.1. The quantitative estimate of drug-likeness (QED) is 0.922.